The highest BCUT2D eigenvalue weighted by atomic mass is 28.4. The Kier molecular flexibility index (Phi) is 11.7. The molecule has 1 heterocycles. The van der Waals surface area contributed by atoms with Gasteiger partial charge < -0.3 is 8.91 Å². The van der Waals surface area contributed by atoms with Crippen molar-refractivity contribution in [2.75, 3.05) is 26.7 Å². The third kappa shape index (κ3) is 9.24. The van der Waals surface area contributed by atoms with Crippen molar-refractivity contribution >= 4 is 8.32 Å². The van der Waals surface area contributed by atoms with Gasteiger partial charge in [-0.25, -0.2) is 0 Å². The van der Waals surface area contributed by atoms with Gasteiger partial charge in [-0.15, -0.1) is 0 Å². The Hall–Kier alpha value is -0.643. The number of nitrogens with zero attached hydrogens (tertiary/aromatic N) is 1. The van der Waals surface area contributed by atoms with Crippen molar-refractivity contribution in [1.82, 2.24) is 0 Å². The van der Waals surface area contributed by atoms with Crippen LogP contribution in [-0.2, 0) is 17.4 Å². The highest BCUT2D eigenvalue weighted by Crippen LogP contribution is 2.27. The summed E-state index contributed by atoms with van der Waals surface area (Å²) in [7, 11) is 0.869. The van der Waals surface area contributed by atoms with Gasteiger partial charge in [-0.05, 0) is 24.2 Å². The lowest BCUT2D eigenvalue weighted by molar-refractivity contribution is -0.924. The average Bonchev–Trinajstić information content (AvgIpc) is 2.73. The minimum Gasteiger partial charge on any atom is -0.411 e. The Labute approximate surface area is 189 Å². The monoisotopic (exact) mass is 432 g/mol. The zero-order chi connectivity index (χ0) is 21.7. The van der Waals surface area contributed by atoms with E-state index in [2.05, 4.69) is 51.7 Å². The van der Waals surface area contributed by atoms with E-state index < -0.39 is 8.32 Å². The molecule has 2 nitrogen and oxygen atoms in total. The summed E-state index contributed by atoms with van der Waals surface area (Å²) >= 11 is 0. The molecule has 1 aromatic rings. The third-order valence-electron chi connectivity index (χ3n) is 7.29. The van der Waals surface area contributed by atoms with Crippen LogP contribution in [0.4, 0.5) is 0 Å². The molecule has 0 N–H and O–H groups in total. The van der Waals surface area contributed by atoms with Crippen molar-refractivity contribution in [3.05, 3.63) is 35.4 Å². The number of fused-ring (bicyclic) bond motifs is 1. The van der Waals surface area contributed by atoms with Crippen LogP contribution in [0.2, 0.25) is 18.6 Å². The van der Waals surface area contributed by atoms with E-state index in [9.17, 15) is 0 Å². The number of hydrogen-bond acceptors (Lipinski definition) is 1. The van der Waals surface area contributed by atoms with E-state index in [1.165, 1.54) is 102 Å². The van der Waals surface area contributed by atoms with Gasteiger partial charge in [-0.2, -0.15) is 0 Å². The summed E-state index contributed by atoms with van der Waals surface area (Å²) < 4.78 is 7.97. The molecular weight excluding hydrogens is 382 g/mol. The molecule has 0 aliphatic carbocycles. The molecule has 3 heteroatoms. The zero-order valence-corrected chi connectivity index (χ0v) is 21.7. The van der Waals surface area contributed by atoms with E-state index >= 15 is 0 Å². The standard InChI is InChI=1S/C27H50NOSi/c1-5-7-9-11-15-23-30(4,24-16-12-10-8-6-2)29-22-21-28(3)20-19-26-17-13-14-18-27(26)25-28/h13-14,17-18H,5-12,15-16,19-25H2,1-4H3/q+1. The fraction of sp³-hybridized carbons (Fsp3) is 0.778. The maximum absolute atomic E-state index is 6.82. The van der Waals surface area contributed by atoms with Crippen molar-refractivity contribution in [2.45, 2.75) is 110 Å². The van der Waals surface area contributed by atoms with Crippen molar-refractivity contribution in [3.63, 3.8) is 0 Å². The second-order valence-corrected chi connectivity index (χ2v) is 14.6. The highest BCUT2D eigenvalue weighted by Gasteiger charge is 2.31. The molecule has 30 heavy (non-hydrogen) atoms. The van der Waals surface area contributed by atoms with Crippen LogP contribution >= 0.6 is 0 Å². The van der Waals surface area contributed by atoms with Gasteiger partial charge in [-0.3, -0.25) is 0 Å². The van der Waals surface area contributed by atoms with Crippen molar-refractivity contribution in [1.29, 1.82) is 0 Å². The Morgan fingerprint density at radius 2 is 1.40 bits per heavy atom. The lowest BCUT2D eigenvalue weighted by atomic mass is 9.98. The molecule has 0 saturated heterocycles. The Balaban J connectivity index is 1.81. The van der Waals surface area contributed by atoms with Gasteiger partial charge in [0.25, 0.3) is 0 Å². The van der Waals surface area contributed by atoms with Crippen LogP contribution in [0.1, 0.15) is 89.2 Å². The maximum atomic E-state index is 6.82. The summed E-state index contributed by atoms with van der Waals surface area (Å²) in [5.74, 6) is 0. The molecular formula is C27H50NOSi+. The first-order valence-electron chi connectivity index (χ1n) is 13.0. The molecule has 0 spiro atoms. The molecule has 172 valence electrons. The van der Waals surface area contributed by atoms with Crippen LogP contribution in [0.3, 0.4) is 0 Å². The lowest BCUT2D eigenvalue weighted by Crippen LogP contribution is -2.50. The molecule has 0 saturated carbocycles. The van der Waals surface area contributed by atoms with Gasteiger partial charge in [0.15, 0.2) is 8.32 Å². The number of rotatable bonds is 16. The van der Waals surface area contributed by atoms with Crippen LogP contribution < -0.4 is 0 Å². The second-order valence-electron chi connectivity index (χ2n) is 10.4. The van der Waals surface area contributed by atoms with Crippen molar-refractivity contribution < 1.29 is 8.91 Å². The molecule has 2 rings (SSSR count). The topological polar surface area (TPSA) is 9.23 Å². The van der Waals surface area contributed by atoms with Crippen LogP contribution in [0.5, 0.6) is 0 Å². The van der Waals surface area contributed by atoms with E-state index in [0.29, 0.717) is 0 Å². The Morgan fingerprint density at radius 1 is 0.833 bits per heavy atom. The summed E-state index contributed by atoms with van der Waals surface area (Å²) in [6, 6.07) is 11.8. The van der Waals surface area contributed by atoms with Crippen LogP contribution in [0.15, 0.2) is 24.3 Å². The maximum Gasteiger partial charge on any atom is 0.190 e. The number of quaternary nitrogens is 1. The smallest absolute Gasteiger partial charge is 0.190 e. The van der Waals surface area contributed by atoms with Crippen LogP contribution in [0, 0.1) is 0 Å². The van der Waals surface area contributed by atoms with Gasteiger partial charge in [0.05, 0.1) is 20.2 Å². The predicted octanol–water partition coefficient (Wildman–Crippen LogP) is 7.72. The summed E-state index contributed by atoms with van der Waals surface area (Å²) in [6.45, 7) is 11.7. The molecule has 1 aliphatic rings. The minimum absolute atomic E-state index is 0.964. The predicted molar refractivity (Wildman–Crippen MR) is 134 cm³/mol. The van der Waals surface area contributed by atoms with Gasteiger partial charge in [0, 0.05) is 12.0 Å². The fourth-order valence-electron chi connectivity index (χ4n) is 5.01. The summed E-state index contributed by atoms with van der Waals surface area (Å²) in [5, 5.41) is 0. The van der Waals surface area contributed by atoms with Crippen LogP contribution in [-0.4, -0.2) is 39.5 Å². The summed E-state index contributed by atoms with van der Waals surface area (Å²) in [4.78, 5) is 0. The number of likely N-dealkylation sites (N-methyl/N-ethyl adjacent to an activating group) is 1. The normalized spacial score (nSPS) is 19.1. The van der Waals surface area contributed by atoms with E-state index in [1.54, 1.807) is 11.1 Å². The van der Waals surface area contributed by atoms with E-state index in [1.807, 2.05) is 0 Å². The molecule has 1 unspecified atom stereocenters. The van der Waals surface area contributed by atoms with Crippen molar-refractivity contribution in [2.24, 2.45) is 0 Å². The Bertz CT molecular complexity index is 576. The van der Waals surface area contributed by atoms with E-state index in [4.69, 9.17) is 4.43 Å². The Morgan fingerprint density at radius 3 is 2.00 bits per heavy atom. The SMILES string of the molecule is CCCCCCC[Si](C)(CCCCCCC)OCC[N+]1(C)CCc2ccccc2C1. The van der Waals surface area contributed by atoms with Crippen molar-refractivity contribution in [3.8, 4) is 0 Å². The average molecular weight is 433 g/mol. The molecule has 0 radical (unpaired) electrons. The fourth-order valence-corrected chi connectivity index (χ4v) is 8.13. The van der Waals surface area contributed by atoms with Gasteiger partial charge in [0.1, 0.15) is 13.1 Å². The first-order valence-corrected chi connectivity index (χ1v) is 15.9. The molecule has 1 aliphatic heterocycles. The lowest BCUT2D eigenvalue weighted by Gasteiger charge is -2.39. The highest BCUT2D eigenvalue weighted by molar-refractivity contribution is 6.72. The number of benzene rings is 1. The summed E-state index contributed by atoms with van der Waals surface area (Å²) in [6.07, 6.45) is 15.1. The number of hydrogen-bond donors (Lipinski definition) is 0. The minimum atomic E-state index is -1.57. The first-order chi connectivity index (χ1) is 14.5. The molecule has 0 aromatic heterocycles. The largest absolute Gasteiger partial charge is 0.411 e. The summed E-state index contributed by atoms with van der Waals surface area (Å²) in [5.41, 5.74) is 3.12. The molecule has 1 aromatic carbocycles. The third-order valence-corrected chi connectivity index (χ3v) is 11.0. The number of unbranched alkanes of at least 4 members (excludes halogenated alkanes) is 8. The van der Waals surface area contributed by atoms with Gasteiger partial charge in [0.2, 0.25) is 0 Å². The molecule has 0 fully saturated rings. The second kappa shape index (κ2) is 13.7. The van der Waals surface area contributed by atoms with Gasteiger partial charge >= 0.3 is 0 Å². The van der Waals surface area contributed by atoms with Gasteiger partial charge in [-0.1, -0.05) is 102 Å². The quantitative estimate of drug-likeness (QED) is 0.147. The van der Waals surface area contributed by atoms with E-state index in [-0.39, 0.29) is 0 Å². The van der Waals surface area contributed by atoms with Crippen LogP contribution in [0.25, 0.3) is 0 Å². The molecule has 0 bridgehead atoms. The first kappa shape index (κ1) is 25.6. The molecule has 1 atom stereocenters. The van der Waals surface area contributed by atoms with E-state index in [0.717, 1.165) is 11.1 Å². The zero-order valence-electron chi connectivity index (χ0n) is 20.7. The molecule has 0 amide bonds.